The summed E-state index contributed by atoms with van der Waals surface area (Å²) in [5.41, 5.74) is 0.519. The number of alkyl halides is 2. The monoisotopic (exact) mass is 412 g/mol. The Morgan fingerprint density at radius 3 is 2.55 bits per heavy atom. The lowest BCUT2D eigenvalue weighted by molar-refractivity contribution is -0.149. The van der Waals surface area contributed by atoms with Crippen LogP contribution in [0.3, 0.4) is 0 Å². The van der Waals surface area contributed by atoms with Crippen LogP contribution in [-0.4, -0.2) is 12.5 Å². The van der Waals surface area contributed by atoms with Crippen molar-refractivity contribution < 1.29 is 22.3 Å². The molecule has 3 rings (SSSR count). The smallest absolute Gasteiger partial charge is 0.251 e. The predicted octanol–water partition coefficient (Wildman–Crippen LogP) is 7.40. The van der Waals surface area contributed by atoms with Crippen molar-refractivity contribution in [1.29, 1.82) is 0 Å². The molecule has 2 fully saturated rings. The van der Waals surface area contributed by atoms with Crippen molar-refractivity contribution in [3.05, 3.63) is 47.5 Å². The molecule has 1 aromatic rings. The SMILES string of the molecule is C=CCCc1ccc(C2CCC(C3CCC(CCC)CC3(F)F)CO2)c(F)c1F. The van der Waals surface area contributed by atoms with E-state index in [2.05, 4.69) is 6.58 Å². The summed E-state index contributed by atoms with van der Waals surface area (Å²) in [6, 6.07) is 3.17. The van der Waals surface area contributed by atoms with Gasteiger partial charge in [0.2, 0.25) is 0 Å². The first kappa shape index (κ1) is 22.3. The first-order valence-electron chi connectivity index (χ1n) is 10.9. The lowest BCUT2D eigenvalue weighted by Crippen LogP contribution is -2.43. The Bertz CT molecular complexity index is 694. The van der Waals surface area contributed by atoms with Crippen molar-refractivity contribution in [1.82, 2.24) is 0 Å². The first-order chi connectivity index (χ1) is 13.9. The van der Waals surface area contributed by atoms with E-state index in [9.17, 15) is 17.6 Å². The van der Waals surface area contributed by atoms with E-state index in [0.29, 0.717) is 37.7 Å². The van der Waals surface area contributed by atoms with Gasteiger partial charge in [0.05, 0.1) is 12.7 Å². The molecule has 1 saturated heterocycles. The van der Waals surface area contributed by atoms with Crippen LogP contribution in [-0.2, 0) is 11.2 Å². The average molecular weight is 413 g/mol. The highest BCUT2D eigenvalue weighted by molar-refractivity contribution is 5.28. The van der Waals surface area contributed by atoms with Gasteiger partial charge >= 0.3 is 0 Å². The van der Waals surface area contributed by atoms with Crippen LogP contribution in [0, 0.1) is 29.4 Å². The van der Waals surface area contributed by atoms with Crippen LogP contribution < -0.4 is 0 Å². The van der Waals surface area contributed by atoms with Crippen molar-refractivity contribution in [3.8, 4) is 0 Å². The molecule has 0 N–H and O–H groups in total. The van der Waals surface area contributed by atoms with Crippen molar-refractivity contribution >= 4 is 0 Å². The molecule has 1 heterocycles. The molecule has 4 unspecified atom stereocenters. The zero-order valence-corrected chi connectivity index (χ0v) is 17.2. The summed E-state index contributed by atoms with van der Waals surface area (Å²) in [4.78, 5) is 0. The van der Waals surface area contributed by atoms with E-state index in [1.54, 1.807) is 18.2 Å². The van der Waals surface area contributed by atoms with Crippen LogP contribution in [0.2, 0.25) is 0 Å². The Kier molecular flexibility index (Phi) is 7.42. The molecule has 1 nitrogen and oxygen atoms in total. The Hall–Kier alpha value is -1.36. The van der Waals surface area contributed by atoms with Crippen LogP contribution in [0.25, 0.3) is 0 Å². The molecule has 2 aliphatic rings. The van der Waals surface area contributed by atoms with E-state index in [4.69, 9.17) is 4.74 Å². The van der Waals surface area contributed by atoms with Crippen molar-refractivity contribution in [2.75, 3.05) is 6.61 Å². The second kappa shape index (κ2) is 9.63. The van der Waals surface area contributed by atoms with E-state index in [1.807, 2.05) is 6.92 Å². The molecular formula is C24H32F4O. The summed E-state index contributed by atoms with van der Waals surface area (Å²) in [6.45, 7) is 5.82. The Labute approximate surface area is 171 Å². The van der Waals surface area contributed by atoms with Gasteiger partial charge in [0.1, 0.15) is 0 Å². The third-order valence-corrected chi connectivity index (χ3v) is 6.72. The summed E-state index contributed by atoms with van der Waals surface area (Å²) in [7, 11) is 0. The quantitative estimate of drug-likeness (QED) is 0.335. The average Bonchev–Trinajstić information content (AvgIpc) is 2.69. The van der Waals surface area contributed by atoms with Gasteiger partial charge in [0.15, 0.2) is 11.6 Å². The zero-order chi connectivity index (χ0) is 21.0. The molecule has 1 aliphatic carbocycles. The molecule has 29 heavy (non-hydrogen) atoms. The molecule has 0 spiro atoms. The van der Waals surface area contributed by atoms with Gasteiger partial charge in [-0.2, -0.15) is 0 Å². The number of ether oxygens (including phenoxy) is 1. The summed E-state index contributed by atoms with van der Waals surface area (Å²) in [5, 5.41) is 0. The van der Waals surface area contributed by atoms with Gasteiger partial charge in [-0.3, -0.25) is 0 Å². The highest BCUT2D eigenvalue weighted by Gasteiger charge is 2.49. The minimum atomic E-state index is -2.66. The largest absolute Gasteiger partial charge is 0.373 e. The Balaban J connectivity index is 1.62. The van der Waals surface area contributed by atoms with Crippen molar-refractivity contribution in [2.24, 2.45) is 17.8 Å². The Morgan fingerprint density at radius 2 is 1.93 bits per heavy atom. The van der Waals surface area contributed by atoms with Gasteiger partial charge in [0, 0.05) is 17.9 Å². The summed E-state index contributed by atoms with van der Waals surface area (Å²) >= 11 is 0. The standard InChI is InChI=1S/C24H32F4O/c1-3-5-7-17-9-11-19(23(26)22(17)25)21-13-10-18(15-29-21)20-12-8-16(6-4-2)14-24(20,27)28/h3,9,11,16,18,20-21H,1,4-8,10,12-15H2,2H3. The minimum Gasteiger partial charge on any atom is -0.373 e. The minimum absolute atomic E-state index is 0.0303. The lowest BCUT2D eigenvalue weighted by Gasteiger charge is -2.42. The molecule has 0 bridgehead atoms. The number of hydrogen-bond donors (Lipinski definition) is 0. The second-order valence-corrected chi connectivity index (χ2v) is 8.73. The van der Waals surface area contributed by atoms with E-state index in [1.165, 1.54) is 0 Å². The van der Waals surface area contributed by atoms with E-state index >= 15 is 0 Å². The predicted molar refractivity (Wildman–Crippen MR) is 107 cm³/mol. The maximum Gasteiger partial charge on any atom is 0.251 e. The molecule has 4 atom stereocenters. The Morgan fingerprint density at radius 1 is 1.14 bits per heavy atom. The molecule has 5 heteroatoms. The fourth-order valence-electron chi connectivity index (χ4n) is 5.14. The third-order valence-electron chi connectivity index (χ3n) is 6.72. The number of allylic oxidation sites excluding steroid dienone is 1. The molecule has 0 amide bonds. The lowest BCUT2D eigenvalue weighted by atomic mass is 9.70. The van der Waals surface area contributed by atoms with Crippen LogP contribution in [0.1, 0.15) is 75.5 Å². The fraction of sp³-hybridized carbons (Fsp3) is 0.667. The molecule has 1 saturated carbocycles. The summed E-state index contributed by atoms with van der Waals surface area (Å²) < 4.78 is 64.2. The first-order valence-corrected chi connectivity index (χ1v) is 10.9. The summed E-state index contributed by atoms with van der Waals surface area (Å²) in [6.07, 6.45) is 6.21. The maximum absolute atomic E-state index is 14.7. The summed E-state index contributed by atoms with van der Waals surface area (Å²) in [5.74, 6) is -5.15. The maximum atomic E-state index is 14.7. The molecule has 0 radical (unpaired) electrons. The molecule has 1 aromatic carbocycles. The topological polar surface area (TPSA) is 9.23 Å². The highest BCUT2D eigenvalue weighted by atomic mass is 19.3. The normalized spacial score (nSPS) is 29.6. The van der Waals surface area contributed by atoms with Gasteiger partial charge in [-0.15, -0.1) is 6.58 Å². The fourth-order valence-corrected chi connectivity index (χ4v) is 5.14. The van der Waals surface area contributed by atoms with Crippen LogP contribution in [0.15, 0.2) is 24.8 Å². The molecule has 0 aromatic heterocycles. The van der Waals surface area contributed by atoms with E-state index in [0.717, 1.165) is 19.3 Å². The van der Waals surface area contributed by atoms with Crippen molar-refractivity contribution in [2.45, 2.75) is 76.7 Å². The molecule has 1 aliphatic heterocycles. The van der Waals surface area contributed by atoms with Crippen LogP contribution in [0.5, 0.6) is 0 Å². The number of rotatable bonds is 7. The van der Waals surface area contributed by atoms with E-state index in [-0.39, 0.29) is 30.4 Å². The zero-order valence-electron chi connectivity index (χ0n) is 17.2. The van der Waals surface area contributed by atoms with Gasteiger partial charge in [-0.05, 0) is 55.9 Å². The van der Waals surface area contributed by atoms with Crippen LogP contribution in [0.4, 0.5) is 17.6 Å². The third kappa shape index (κ3) is 5.04. The van der Waals surface area contributed by atoms with Gasteiger partial charge in [-0.1, -0.05) is 38.0 Å². The second-order valence-electron chi connectivity index (χ2n) is 8.73. The number of benzene rings is 1. The highest BCUT2D eigenvalue weighted by Crippen LogP contribution is 2.49. The van der Waals surface area contributed by atoms with E-state index < -0.39 is 29.6 Å². The van der Waals surface area contributed by atoms with Gasteiger partial charge in [0.25, 0.3) is 5.92 Å². The van der Waals surface area contributed by atoms with Gasteiger partial charge < -0.3 is 4.74 Å². The number of halogens is 4. The van der Waals surface area contributed by atoms with Crippen LogP contribution >= 0.6 is 0 Å². The number of hydrogen-bond acceptors (Lipinski definition) is 1. The van der Waals surface area contributed by atoms with Crippen molar-refractivity contribution in [3.63, 3.8) is 0 Å². The van der Waals surface area contributed by atoms with Gasteiger partial charge in [-0.25, -0.2) is 17.6 Å². The number of aryl methyl sites for hydroxylation is 1. The molecule has 162 valence electrons. The molecular weight excluding hydrogens is 380 g/mol.